The lowest BCUT2D eigenvalue weighted by Crippen LogP contribution is -2.25. The van der Waals surface area contributed by atoms with Gasteiger partial charge in [0.05, 0.1) is 11.5 Å². The highest BCUT2D eigenvalue weighted by Gasteiger charge is 2.20. The fraction of sp³-hybridized carbons (Fsp3) is 0.409. The summed E-state index contributed by atoms with van der Waals surface area (Å²) >= 11 is 0. The molecule has 0 saturated heterocycles. The second kappa shape index (κ2) is 10.4. The third kappa shape index (κ3) is 6.74. The molecule has 1 saturated carbocycles. The minimum Gasteiger partial charge on any atom is -0.494 e. The maximum absolute atomic E-state index is 12.6. The molecule has 1 aliphatic rings. The molecule has 162 valence electrons. The average molecular weight is 433 g/mol. The minimum absolute atomic E-state index is 0.118. The standard InChI is InChI=1S/C22H28N2O5S/c1-2-29-20-9-11-21(12-10-20)30(26,27)24-19-6-3-5-18(15-19)22(25)23-13-4-14-28-16-17-7-8-17/h3,5-6,9-12,15,17,24H,2,4,7-8,13-14,16H2,1H3,(H,23,25). The van der Waals surface area contributed by atoms with Crippen LogP contribution in [-0.2, 0) is 14.8 Å². The third-order valence-electron chi connectivity index (χ3n) is 4.62. The number of nitrogens with one attached hydrogen (secondary N) is 2. The summed E-state index contributed by atoms with van der Waals surface area (Å²) in [6.45, 7) is 4.31. The third-order valence-corrected chi connectivity index (χ3v) is 6.02. The van der Waals surface area contributed by atoms with Crippen LogP contribution in [0.3, 0.4) is 0 Å². The van der Waals surface area contributed by atoms with E-state index in [4.69, 9.17) is 9.47 Å². The van der Waals surface area contributed by atoms with E-state index in [1.165, 1.54) is 31.0 Å². The van der Waals surface area contributed by atoms with Gasteiger partial charge in [-0.15, -0.1) is 0 Å². The smallest absolute Gasteiger partial charge is 0.261 e. The van der Waals surface area contributed by atoms with Crippen molar-refractivity contribution in [1.29, 1.82) is 0 Å². The number of anilines is 1. The lowest BCUT2D eigenvalue weighted by atomic mass is 10.2. The molecule has 7 nitrogen and oxygen atoms in total. The van der Waals surface area contributed by atoms with E-state index in [9.17, 15) is 13.2 Å². The van der Waals surface area contributed by atoms with Gasteiger partial charge < -0.3 is 14.8 Å². The van der Waals surface area contributed by atoms with Gasteiger partial charge in [0.1, 0.15) is 5.75 Å². The van der Waals surface area contributed by atoms with Crippen LogP contribution in [0.5, 0.6) is 5.75 Å². The molecule has 0 aliphatic heterocycles. The van der Waals surface area contributed by atoms with E-state index in [2.05, 4.69) is 10.0 Å². The first kappa shape index (κ1) is 22.1. The Hall–Kier alpha value is -2.58. The summed E-state index contributed by atoms with van der Waals surface area (Å²) in [6, 6.07) is 12.6. The second-order valence-corrected chi connectivity index (χ2v) is 8.90. The van der Waals surface area contributed by atoms with Gasteiger partial charge in [-0.1, -0.05) is 6.07 Å². The molecule has 2 aromatic rings. The lowest BCUT2D eigenvalue weighted by Gasteiger charge is -2.11. The second-order valence-electron chi connectivity index (χ2n) is 7.22. The Kier molecular flexibility index (Phi) is 7.70. The summed E-state index contributed by atoms with van der Waals surface area (Å²) in [6.07, 6.45) is 3.26. The van der Waals surface area contributed by atoms with E-state index in [-0.39, 0.29) is 10.8 Å². The van der Waals surface area contributed by atoms with Gasteiger partial charge in [-0.25, -0.2) is 8.42 Å². The first-order valence-corrected chi connectivity index (χ1v) is 11.7. The van der Waals surface area contributed by atoms with Crippen molar-refractivity contribution in [1.82, 2.24) is 5.32 Å². The van der Waals surface area contributed by atoms with E-state index in [0.717, 1.165) is 18.9 Å². The molecule has 1 fully saturated rings. The summed E-state index contributed by atoms with van der Waals surface area (Å²) in [5.41, 5.74) is 0.713. The first-order chi connectivity index (χ1) is 14.5. The SMILES string of the molecule is CCOc1ccc(S(=O)(=O)Nc2cccc(C(=O)NCCCOCC3CC3)c2)cc1. The van der Waals surface area contributed by atoms with Gasteiger partial charge >= 0.3 is 0 Å². The Morgan fingerprint density at radius 2 is 1.90 bits per heavy atom. The number of rotatable bonds is 12. The Morgan fingerprint density at radius 3 is 2.60 bits per heavy atom. The van der Waals surface area contributed by atoms with Crippen LogP contribution in [0, 0.1) is 5.92 Å². The van der Waals surface area contributed by atoms with Crippen molar-refractivity contribution in [3.05, 3.63) is 54.1 Å². The molecule has 30 heavy (non-hydrogen) atoms. The molecule has 0 unspecified atom stereocenters. The van der Waals surface area contributed by atoms with E-state index in [1.807, 2.05) is 6.92 Å². The summed E-state index contributed by atoms with van der Waals surface area (Å²) in [5.74, 6) is 1.08. The van der Waals surface area contributed by atoms with Crippen LogP contribution in [0.15, 0.2) is 53.4 Å². The number of carbonyl (C=O) groups excluding carboxylic acids is 1. The molecule has 0 radical (unpaired) electrons. The number of sulfonamides is 1. The van der Waals surface area contributed by atoms with E-state index in [0.29, 0.717) is 36.8 Å². The highest BCUT2D eigenvalue weighted by atomic mass is 32.2. The quantitative estimate of drug-likeness (QED) is 0.501. The van der Waals surface area contributed by atoms with Crippen molar-refractivity contribution in [2.24, 2.45) is 5.92 Å². The van der Waals surface area contributed by atoms with Crippen LogP contribution in [0.25, 0.3) is 0 Å². The number of ether oxygens (including phenoxy) is 2. The Balaban J connectivity index is 1.52. The number of benzene rings is 2. The topological polar surface area (TPSA) is 93.7 Å². The van der Waals surface area contributed by atoms with Gasteiger partial charge in [0.15, 0.2) is 0 Å². The van der Waals surface area contributed by atoms with Crippen molar-refractivity contribution in [3.8, 4) is 5.75 Å². The van der Waals surface area contributed by atoms with Crippen LogP contribution < -0.4 is 14.8 Å². The minimum atomic E-state index is -3.77. The molecule has 0 spiro atoms. The zero-order valence-corrected chi connectivity index (χ0v) is 17.9. The van der Waals surface area contributed by atoms with Crippen molar-refractivity contribution in [2.75, 3.05) is 31.1 Å². The molecule has 0 heterocycles. The van der Waals surface area contributed by atoms with E-state index < -0.39 is 10.0 Å². The van der Waals surface area contributed by atoms with Gasteiger partial charge in [-0.3, -0.25) is 9.52 Å². The molecule has 0 atom stereocenters. The Morgan fingerprint density at radius 1 is 1.13 bits per heavy atom. The van der Waals surface area contributed by atoms with Gasteiger partial charge in [0, 0.05) is 31.0 Å². The number of amides is 1. The number of carbonyl (C=O) groups is 1. The van der Waals surface area contributed by atoms with Crippen molar-refractivity contribution >= 4 is 21.6 Å². The molecule has 3 rings (SSSR count). The molecule has 2 aromatic carbocycles. The summed E-state index contributed by atoms with van der Waals surface area (Å²) < 4.78 is 38.6. The van der Waals surface area contributed by atoms with Gasteiger partial charge in [0.25, 0.3) is 15.9 Å². The zero-order chi connectivity index (χ0) is 21.4. The van der Waals surface area contributed by atoms with Crippen molar-refractivity contribution in [2.45, 2.75) is 31.1 Å². The maximum Gasteiger partial charge on any atom is 0.261 e. The summed E-state index contributed by atoms with van der Waals surface area (Å²) in [4.78, 5) is 12.5. The van der Waals surface area contributed by atoms with E-state index >= 15 is 0 Å². The molecular formula is C22H28N2O5S. The van der Waals surface area contributed by atoms with E-state index in [1.54, 1.807) is 30.3 Å². The van der Waals surface area contributed by atoms with Crippen molar-refractivity contribution in [3.63, 3.8) is 0 Å². The highest BCUT2D eigenvalue weighted by molar-refractivity contribution is 7.92. The van der Waals surface area contributed by atoms with Crippen LogP contribution in [-0.4, -0.2) is 40.7 Å². The normalized spacial score (nSPS) is 13.6. The lowest BCUT2D eigenvalue weighted by molar-refractivity contribution is 0.0937. The predicted octanol–water partition coefficient (Wildman–Crippen LogP) is 3.43. The maximum atomic E-state index is 12.6. The molecule has 0 aromatic heterocycles. The van der Waals surface area contributed by atoms with Gasteiger partial charge in [0.2, 0.25) is 0 Å². The first-order valence-electron chi connectivity index (χ1n) is 10.2. The molecule has 1 aliphatic carbocycles. The Labute approximate surface area is 177 Å². The fourth-order valence-electron chi connectivity index (χ4n) is 2.83. The van der Waals surface area contributed by atoms with Crippen LogP contribution in [0.4, 0.5) is 5.69 Å². The highest BCUT2D eigenvalue weighted by Crippen LogP contribution is 2.28. The largest absolute Gasteiger partial charge is 0.494 e. The molecular weight excluding hydrogens is 404 g/mol. The molecule has 0 bridgehead atoms. The summed E-state index contributed by atoms with van der Waals surface area (Å²) in [7, 11) is -3.77. The van der Waals surface area contributed by atoms with Crippen LogP contribution in [0.1, 0.15) is 36.5 Å². The van der Waals surface area contributed by atoms with Gasteiger partial charge in [-0.05, 0) is 74.6 Å². The molecule has 1 amide bonds. The number of hydrogen-bond acceptors (Lipinski definition) is 5. The summed E-state index contributed by atoms with van der Waals surface area (Å²) in [5, 5.41) is 2.83. The van der Waals surface area contributed by atoms with Crippen LogP contribution in [0.2, 0.25) is 0 Å². The van der Waals surface area contributed by atoms with Gasteiger partial charge in [-0.2, -0.15) is 0 Å². The predicted molar refractivity (Wildman–Crippen MR) is 115 cm³/mol. The van der Waals surface area contributed by atoms with Crippen molar-refractivity contribution < 1.29 is 22.7 Å². The zero-order valence-electron chi connectivity index (χ0n) is 17.1. The Bertz CT molecular complexity index is 940. The average Bonchev–Trinajstić information content (AvgIpc) is 3.55. The van der Waals surface area contributed by atoms with Crippen LogP contribution >= 0.6 is 0 Å². The molecule has 8 heteroatoms. The number of hydrogen-bond donors (Lipinski definition) is 2. The molecule has 2 N–H and O–H groups in total. The monoisotopic (exact) mass is 432 g/mol. The fourth-order valence-corrected chi connectivity index (χ4v) is 3.88.